The predicted molar refractivity (Wildman–Crippen MR) is 50.3 cm³/mol. The van der Waals surface area contributed by atoms with Crippen molar-refractivity contribution in [1.82, 2.24) is 5.43 Å². The molecule has 0 bridgehead atoms. The lowest BCUT2D eigenvalue weighted by molar-refractivity contribution is 0.0953. The number of hydrazine groups is 1. The van der Waals surface area contributed by atoms with Gasteiger partial charge in [0.2, 0.25) is 0 Å². The fraction of sp³-hybridized carbons (Fsp3) is 0.444. The molecule has 0 spiro atoms. The lowest BCUT2D eigenvalue weighted by atomic mass is 10.3. The van der Waals surface area contributed by atoms with Crippen LogP contribution < -0.4 is 11.3 Å². The Balaban J connectivity index is 2.46. The quantitative estimate of drug-likeness (QED) is 0.317. The Hall–Kier alpha value is -1.33. The van der Waals surface area contributed by atoms with E-state index in [4.69, 9.17) is 15.0 Å². The Kier molecular flexibility index (Phi) is 4.15. The Morgan fingerprint density at radius 2 is 2.50 bits per heavy atom. The Bertz CT molecular complexity index is 296. The number of nitrogens with one attached hydrogen (secondary N) is 1. The molecule has 5 nitrogen and oxygen atoms in total. The van der Waals surface area contributed by atoms with Gasteiger partial charge in [0.15, 0.2) is 0 Å². The topological polar surface area (TPSA) is 77.5 Å². The highest BCUT2D eigenvalue weighted by Gasteiger charge is 2.08. The van der Waals surface area contributed by atoms with Crippen molar-refractivity contribution in [2.75, 3.05) is 6.61 Å². The Labute approximate surface area is 82.2 Å². The highest BCUT2D eigenvalue weighted by Crippen LogP contribution is 2.08. The van der Waals surface area contributed by atoms with Crippen LogP contribution in [-0.2, 0) is 11.3 Å². The molecule has 1 aromatic heterocycles. The number of rotatable bonds is 5. The summed E-state index contributed by atoms with van der Waals surface area (Å²) < 4.78 is 10.3. The fourth-order valence-corrected chi connectivity index (χ4v) is 0.976. The number of carbonyl (C=O) groups is 1. The molecule has 1 aromatic rings. The summed E-state index contributed by atoms with van der Waals surface area (Å²) in [6, 6.07) is 1.61. The van der Waals surface area contributed by atoms with Gasteiger partial charge in [0.25, 0.3) is 5.91 Å². The van der Waals surface area contributed by atoms with Crippen molar-refractivity contribution in [3.63, 3.8) is 0 Å². The van der Waals surface area contributed by atoms with Gasteiger partial charge in [-0.2, -0.15) is 0 Å². The van der Waals surface area contributed by atoms with Crippen molar-refractivity contribution < 1.29 is 13.9 Å². The summed E-state index contributed by atoms with van der Waals surface area (Å²) in [4.78, 5) is 11.0. The number of amides is 1. The molecule has 0 unspecified atom stereocenters. The maximum atomic E-state index is 11.0. The van der Waals surface area contributed by atoms with Gasteiger partial charge in [-0.3, -0.25) is 10.2 Å². The molecular weight excluding hydrogens is 184 g/mol. The molecule has 0 atom stereocenters. The van der Waals surface area contributed by atoms with Gasteiger partial charge in [-0.25, -0.2) is 5.84 Å². The van der Waals surface area contributed by atoms with E-state index in [0.717, 1.165) is 6.42 Å². The van der Waals surface area contributed by atoms with E-state index < -0.39 is 0 Å². The molecule has 78 valence electrons. The Morgan fingerprint density at radius 1 is 1.71 bits per heavy atom. The number of hydrogen-bond donors (Lipinski definition) is 2. The predicted octanol–water partition coefficient (Wildman–Crippen LogP) is 0.810. The third-order valence-electron chi connectivity index (χ3n) is 1.64. The molecule has 3 N–H and O–H groups in total. The monoisotopic (exact) mass is 198 g/mol. The standard InChI is InChI=1S/C9H14N2O3/c1-2-3-13-6-8-4-7(5-14-8)9(12)11-10/h4-5H,2-3,6,10H2,1H3,(H,11,12). The average Bonchev–Trinajstić information content (AvgIpc) is 2.66. The first kappa shape index (κ1) is 10.7. The third-order valence-corrected chi connectivity index (χ3v) is 1.64. The summed E-state index contributed by atoms with van der Waals surface area (Å²) in [5, 5.41) is 0. The molecule has 1 amide bonds. The zero-order chi connectivity index (χ0) is 10.4. The smallest absolute Gasteiger partial charge is 0.268 e. The zero-order valence-corrected chi connectivity index (χ0v) is 8.08. The second-order valence-electron chi connectivity index (χ2n) is 2.83. The maximum absolute atomic E-state index is 11.0. The molecule has 1 heterocycles. The molecule has 0 saturated carbocycles. The van der Waals surface area contributed by atoms with Crippen LogP contribution in [0.15, 0.2) is 16.7 Å². The van der Waals surface area contributed by atoms with Crippen molar-refractivity contribution >= 4 is 5.91 Å². The number of hydrogen-bond acceptors (Lipinski definition) is 4. The number of nitrogen functional groups attached to an aromatic ring is 1. The highest BCUT2D eigenvalue weighted by atomic mass is 16.5. The van der Waals surface area contributed by atoms with E-state index in [1.54, 1.807) is 6.07 Å². The van der Waals surface area contributed by atoms with E-state index in [9.17, 15) is 4.79 Å². The first-order valence-corrected chi connectivity index (χ1v) is 4.44. The van der Waals surface area contributed by atoms with Crippen LogP contribution in [-0.4, -0.2) is 12.5 Å². The van der Waals surface area contributed by atoms with Crippen molar-refractivity contribution in [3.05, 3.63) is 23.7 Å². The number of furan rings is 1. The number of nitrogens with two attached hydrogens (primary N) is 1. The lowest BCUT2D eigenvalue weighted by Gasteiger charge is -1.97. The van der Waals surface area contributed by atoms with Crippen molar-refractivity contribution in [2.24, 2.45) is 5.84 Å². The van der Waals surface area contributed by atoms with Crippen LogP contribution in [0.5, 0.6) is 0 Å². The van der Waals surface area contributed by atoms with Gasteiger partial charge >= 0.3 is 0 Å². The minimum atomic E-state index is -0.365. The number of carbonyl (C=O) groups excluding carboxylic acids is 1. The largest absolute Gasteiger partial charge is 0.466 e. The highest BCUT2D eigenvalue weighted by molar-refractivity contribution is 5.93. The lowest BCUT2D eigenvalue weighted by Crippen LogP contribution is -2.29. The molecule has 0 fully saturated rings. The van der Waals surface area contributed by atoms with Crippen LogP contribution in [0, 0.1) is 0 Å². The van der Waals surface area contributed by atoms with E-state index in [2.05, 4.69) is 0 Å². The van der Waals surface area contributed by atoms with Crippen LogP contribution in [0.3, 0.4) is 0 Å². The minimum Gasteiger partial charge on any atom is -0.466 e. The zero-order valence-electron chi connectivity index (χ0n) is 8.08. The maximum Gasteiger partial charge on any atom is 0.268 e. The van der Waals surface area contributed by atoms with E-state index in [-0.39, 0.29) is 5.91 Å². The number of ether oxygens (including phenoxy) is 1. The van der Waals surface area contributed by atoms with Gasteiger partial charge in [0.1, 0.15) is 18.6 Å². The van der Waals surface area contributed by atoms with Crippen molar-refractivity contribution in [1.29, 1.82) is 0 Å². The normalized spacial score (nSPS) is 10.1. The van der Waals surface area contributed by atoms with Crippen LogP contribution >= 0.6 is 0 Å². The van der Waals surface area contributed by atoms with Crippen LogP contribution in [0.25, 0.3) is 0 Å². The molecule has 14 heavy (non-hydrogen) atoms. The van der Waals surface area contributed by atoms with Gasteiger partial charge < -0.3 is 9.15 Å². The van der Waals surface area contributed by atoms with Gasteiger partial charge in [0, 0.05) is 6.61 Å². The molecule has 0 radical (unpaired) electrons. The van der Waals surface area contributed by atoms with Crippen molar-refractivity contribution in [2.45, 2.75) is 20.0 Å². The third kappa shape index (κ3) is 2.86. The summed E-state index contributed by atoms with van der Waals surface area (Å²) in [5.41, 5.74) is 2.43. The van der Waals surface area contributed by atoms with E-state index in [0.29, 0.717) is 24.5 Å². The molecular formula is C9H14N2O3. The summed E-state index contributed by atoms with van der Waals surface area (Å²) in [6.07, 6.45) is 2.31. The fourth-order valence-electron chi connectivity index (χ4n) is 0.976. The van der Waals surface area contributed by atoms with E-state index in [1.165, 1.54) is 6.26 Å². The van der Waals surface area contributed by atoms with Crippen LogP contribution in [0.1, 0.15) is 29.5 Å². The van der Waals surface area contributed by atoms with E-state index >= 15 is 0 Å². The SMILES string of the molecule is CCCOCc1cc(C(=O)NN)co1. The molecule has 1 rings (SSSR count). The average molecular weight is 198 g/mol. The van der Waals surface area contributed by atoms with Gasteiger partial charge in [0.05, 0.1) is 5.56 Å². The molecule has 5 heteroatoms. The van der Waals surface area contributed by atoms with Gasteiger partial charge in [-0.05, 0) is 12.5 Å². The second-order valence-corrected chi connectivity index (χ2v) is 2.83. The van der Waals surface area contributed by atoms with Gasteiger partial charge in [-0.1, -0.05) is 6.92 Å². The van der Waals surface area contributed by atoms with E-state index in [1.807, 2.05) is 12.3 Å². The molecule has 0 saturated heterocycles. The Morgan fingerprint density at radius 3 is 3.14 bits per heavy atom. The summed E-state index contributed by atoms with van der Waals surface area (Å²) in [6.45, 7) is 3.08. The molecule has 0 aliphatic heterocycles. The summed E-state index contributed by atoms with van der Waals surface area (Å²) in [5.74, 6) is 5.22. The first-order chi connectivity index (χ1) is 6.77. The second kappa shape index (κ2) is 5.41. The van der Waals surface area contributed by atoms with Gasteiger partial charge in [-0.15, -0.1) is 0 Å². The molecule has 0 aliphatic rings. The molecule has 0 aromatic carbocycles. The van der Waals surface area contributed by atoms with Crippen molar-refractivity contribution in [3.8, 4) is 0 Å². The van der Waals surface area contributed by atoms with Crippen LogP contribution in [0.4, 0.5) is 0 Å². The van der Waals surface area contributed by atoms with Crippen LogP contribution in [0.2, 0.25) is 0 Å². The summed E-state index contributed by atoms with van der Waals surface area (Å²) in [7, 11) is 0. The first-order valence-electron chi connectivity index (χ1n) is 4.44. The minimum absolute atomic E-state index is 0.365. The summed E-state index contributed by atoms with van der Waals surface area (Å²) >= 11 is 0. The molecule has 0 aliphatic carbocycles.